The molecule has 0 unspecified atom stereocenters. The molecule has 0 aromatic heterocycles. The van der Waals surface area contributed by atoms with Crippen LogP contribution >= 0.6 is 11.6 Å². The number of aryl methyl sites for hydroxylation is 2. The van der Waals surface area contributed by atoms with E-state index in [1.165, 1.54) is 17.0 Å². The zero-order valence-corrected chi connectivity index (χ0v) is 25.6. The van der Waals surface area contributed by atoms with Crippen molar-refractivity contribution in [3.63, 3.8) is 0 Å². The van der Waals surface area contributed by atoms with Gasteiger partial charge in [0.1, 0.15) is 23.9 Å². The maximum Gasteiger partial charge on any atom is 0.251 e. The molecule has 0 saturated carbocycles. The van der Waals surface area contributed by atoms with Gasteiger partial charge in [0.2, 0.25) is 23.6 Å². The summed E-state index contributed by atoms with van der Waals surface area (Å²) < 4.78 is 14.0. The summed E-state index contributed by atoms with van der Waals surface area (Å²) in [4.78, 5) is 66.1. The molecule has 1 aliphatic heterocycles. The first kappa shape index (κ1) is 33.5. The summed E-state index contributed by atoms with van der Waals surface area (Å²) in [6, 6.07) is 6.34. The summed E-state index contributed by atoms with van der Waals surface area (Å²) in [5, 5.41) is 7.87. The minimum absolute atomic E-state index is 0.0344. The average Bonchev–Trinajstić information content (AvgIpc) is 3.47. The van der Waals surface area contributed by atoms with Crippen LogP contribution in [0.5, 0.6) is 0 Å². The predicted molar refractivity (Wildman–Crippen MR) is 161 cm³/mol. The van der Waals surface area contributed by atoms with Gasteiger partial charge in [0.15, 0.2) is 0 Å². The van der Waals surface area contributed by atoms with E-state index in [-0.39, 0.29) is 36.4 Å². The molecule has 2 aromatic carbocycles. The summed E-state index contributed by atoms with van der Waals surface area (Å²) in [6.07, 6.45) is 1.43. The monoisotopic (exact) mass is 615 g/mol. The van der Waals surface area contributed by atoms with Gasteiger partial charge in [-0.05, 0) is 68.5 Å². The molecule has 10 nitrogen and oxygen atoms in total. The van der Waals surface area contributed by atoms with E-state index in [1.807, 2.05) is 13.8 Å². The number of nitrogens with zero attached hydrogens (tertiary/aromatic N) is 1. The van der Waals surface area contributed by atoms with Gasteiger partial charge in [-0.25, -0.2) is 4.39 Å². The molecule has 12 heteroatoms. The van der Waals surface area contributed by atoms with Crippen LogP contribution in [0.1, 0.15) is 60.2 Å². The lowest BCUT2D eigenvalue weighted by Gasteiger charge is -2.30. The van der Waals surface area contributed by atoms with Crippen LogP contribution in [0.15, 0.2) is 36.4 Å². The quantitative estimate of drug-likeness (QED) is 0.289. The number of nitrogens with one attached hydrogen (secondary N) is 3. The first-order chi connectivity index (χ1) is 20.3. The predicted octanol–water partition coefficient (Wildman–Crippen LogP) is 2.56. The highest BCUT2D eigenvalue weighted by molar-refractivity contribution is 6.30. The van der Waals surface area contributed by atoms with E-state index < -0.39 is 47.6 Å². The minimum atomic E-state index is -1.22. The van der Waals surface area contributed by atoms with Crippen LogP contribution < -0.4 is 21.7 Å². The Kier molecular flexibility index (Phi) is 11.7. The number of hydrogen-bond donors (Lipinski definition) is 4. The van der Waals surface area contributed by atoms with Gasteiger partial charge in [-0.15, -0.1) is 0 Å². The molecule has 0 radical (unpaired) electrons. The second-order valence-electron chi connectivity index (χ2n) is 11.0. The number of carbonyl (C=O) groups is 5. The van der Waals surface area contributed by atoms with Crippen molar-refractivity contribution >= 4 is 41.1 Å². The third-order valence-electron chi connectivity index (χ3n) is 7.76. The van der Waals surface area contributed by atoms with E-state index in [4.69, 9.17) is 17.3 Å². The maximum atomic E-state index is 14.0. The fourth-order valence-electron chi connectivity index (χ4n) is 4.82. The average molecular weight is 616 g/mol. The molecule has 3 rings (SSSR count). The lowest BCUT2D eigenvalue weighted by Crippen LogP contribution is -2.58. The normalized spacial score (nSPS) is 16.6. The highest BCUT2D eigenvalue weighted by Gasteiger charge is 2.39. The Morgan fingerprint density at radius 3 is 2.37 bits per heavy atom. The Morgan fingerprint density at radius 2 is 1.74 bits per heavy atom. The number of nitrogens with two attached hydrogens (primary N) is 1. The molecule has 0 aliphatic carbocycles. The fourth-order valence-corrected chi connectivity index (χ4v) is 5.01. The van der Waals surface area contributed by atoms with Crippen molar-refractivity contribution in [1.82, 2.24) is 20.9 Å². The van der Waals surface area contributed by atoms with Crippen LogP contribution in [-0.4, -0.2) is 65.7 Å². The van der Waals surface area contributed by atoms with Crippen molar-refractivity contribution in [2.24, 2.45) is 11.7 Å². The van der Waals surface area contributed by atoms with E-state index in [2.05, 4.69) is 16.0 Å². The van der Waals surface area contributed by atoms with Crippen LogP contribution in [0.4, 0.5) is 4.39 Å². The molecule has 5 amide bonds. The Balaban J connectivity index is 1.75. The van der Waals surface area contributed by atoms with Gasteiger partial charge in [-0.3, -0.25) is 24.0 Å². The van der Waals surface area contributed by atoms with Gasteiger partial charge in [0.05, 0.1) is 5.02 Å². The molecule has 4 atom stereocenters. The van der Waals surface area contributed by atoms with E-state index >= 15 is 0 Å². The van der Waals surface area contributed by atoms with Gasteiger partial charge < -0.3 is 26.6 Å². The van der Waals surface area contributed by atoms with E-state index in [9.17, 15) is 28.4 Å². The molecule has 1 saturated heterocycles. The van der Waals surface area contributed by atoms with Crippen LogP contribution in [-0.2, 0) is 25.6 Å². The summed E-state index contributed by atoms with van der Waals surface area (Å²) in [5.74, 6) is -3.66. The molecular formula is C31H39ClFN5O5. The number of rotatable bonds is 12. The Hall–Kier alpha value is -3.99. The Morgan fingerprint density at radius 1 is 1.07 bits per heavy atom. The number of amides is 5. The Labute approximate surface area is 255 Å². The van der Waals surface area contributed by atoms with Crippen molar-refractivity contribution < 1.29 is 28.4 Å². The maximum absolute atomic E-state index is 14.0. The lowest BCUT2D eigenvalue weighted by atomic mass is 9.98. The van der Waals surface area contributed by atoms with Crippen LogP contribution in [0, 0.1) is 25.6 Å². The smallest absolute Gasteiger partial charge is 0.251 e. The van der Waals surface area contributed by atoms with Crippen LogP contribution in [0.2, 0.25) is 5.02 Å². The number of benzene rings is 2. The molecule has 232 valence electrons. The van der Waals surface area contributed by atoms with Gasteiger partial charge in [-0.2, -0.15) is 0 Å². The summed E-state index contributed by atoms with van der Waals surface area (Å²) >= 11 is 6.00. The largest absolute Gasteiger partial charge is 0.368 e. The van der Waals surface area contributed by atoms with Crippen molar-refractivity contribution in [3.8, 4) is 0 Å². The standard InChI is InChI=1S/C31H39ClFN5O5/c1-5-18(3)28(40)36-24(15-21-14-22(32)23(33)13-19(21)4)31(43)38-12-6-7-26(38)30(42)37-25(27(34)39)16-35-29(41)20-10-8-17(2)9-11-20/h8-11,13-14,18,24-26H,5-7,12,15-16H2,1-4H3,(H2,34,39)(H,35,41)(H,36,40)(H,37,42)/t18-,24+,25+,26+/m1/s1. The molecule has 5 N–H and O–H groups in total. The second kappa shape index (κ2) is 15.0. The molecular weight excluding hydrogens is 577 g/mol. The highest BCUT2D eigenvalue weighted by atomic mass is 35.5. The van der Waals surface area contributed by atoms with Gasteiger partial charge in [0, 0.05) is 31.0 Å². The molecule has 1 fully saturated rings. The van der Waals surface area contributed by atoms with Crippen molar-refractivity contribution in [1.29, 1.82) is 0 Å². The summed E-state index contributed by atoms with van der Waals surface area (Å²) in [7, 11) is 0. The van der Waals surface area contributed by atoms with Crippen molar-refractivity contribution in [2.75, 3.05) is 13.1 Å². The minimum Gasteiger partial charge on any atom is -0.368 e. The SMILES string of the molecule is CC[C@@H](C)C(=O)N[C@@H](Cc1cc(Cl)c(F)cc1C)C(=O)N1CCC[C@H]1C(=O)N[C@@H](CNC(=O)c1ccc(C)cc1)C(N)=O. The van der Waals surface area contributed by atoms with E-state index in [1.54, 1.807) is 38.1 Å². The lowest BCUT2D eigenvalue weighted by molar-refractivity contribution is -0.142. The molecule has 43 heavy (non-hydrogen) atoms. The molecule has 1 heterocycles. The van der Waals surface area contributed by atoms with Crippen LogP contribution in [0.25, 0.3) is 0 Å². The second-order valence-corrected chi connectivity index (χ2v) is 11.4. The van der Waals surface area contributed by atoms with E-state index in [0.717, 1.165) is 5.56 Å². The van der Waals surface area contributed by atoms with Gasteiger partial charge in [0.25, 0.3) is 5.91 Å². The number of hydrogen-bond acceptors (Lipinski definition) is 5. The summed E-state index contributed by atoms with van der Waals surface area (Å²) in [6.45, 7) is 7.17. The van der Waals surface area contributed by atoms with Crippen molar-refractivity contribution in [3.05, 3.63) is 69.5 Å². The first-order valence-electron chi connectivity index (χ1n) is 14.3. The summed E-state index contributed by atoms with van der Waals surface area (Å²) in [5.41, 5.74) is 8.02. The fraction of sp³-hybridized carbons (Fsp3) is 0.452. The van der Waals surface area contributed by atoms with E-state index in [0.29, 0.717) is 36.0 Å². The molecule has 0 spiro atoms. The highest BCUT2D eigenvalue weighted by Crippen LogP contribution is 2.24. The first-order valence-corrected chi connectivity index (χ1v) is 14.7. The van der Waals surface area contributed by atoms with Crippen LogP contribution in [0.3, 0.4) is 0 Å². The number of primary amides is 1. The molecule has 0 bridgehead atoms. The zero-order valence-electron chi connectivity index (χ0n) is 24.8. The third-order valence-corrected chi connectivity index (χ3v) is 8.05. The molecule has 1 aliphatic rings. The van der Waals surface area contributed by atoms with Gasteiger partial charge >= 0.3 is 0 Å². The number of halogens is 2. The number of carbonyl (C=O) groups excluding carboxylic acids is 5. The van der Waals surface area contributed by atoms with Crippen molar-refractivity contribution in [2.45, 2.75) is 71.5 Å². The third kappa shape index (κ3) is 8.76. The zero-order chi connectivity index (χ0) is 31.8. The number of likely N-dealkylation sites (tertiary alicyclic amines) is 1. The Bertz CT molecular complexity index is 1370. The molecule has 2 aromatic rings. The topological polar surface area (TPSA) is 151 Å². The van der Waals surface area contributed by atoms with Gasteiger partial charge in [-0.1, -0.05) is 43.1 Å².